The zero-order valence-corrected chi connectivity index (χ0v) is 10.7. The Morgan fingerprint density at radius 2 is 2.12 bits per heavy atom. The van der Waals surface area contributed by atoms with Gasteiger partial charge in [0.05, 0.1) is 13.2 Å². The van der Waals surface area contributed by atoms with E-state index in [-0.39, 0.29) is 0 Å². The van der Waals surface area contributed by atoms with Gasteiger partial charge in [-0.05, 0) is 26.7 Å². The van der Waals surface area contributed by atoms with E-state index in [1.807, 2.05) is 0 Å². The van der Waals surface area contributed by atoms with Crippen molar-refractivity contribution in [3.05, 3.63) is 0 Å². The van der Waals surface area contributed by atoms with Crippen molar-refractivity contribution in [1.82, 2.24) is 10.2 Å². The van der Waals surface area contributed by atoms with Gasteiger partial charge in [-0.1, -0.05) is 12.8 Å². The highest BCUT2D eigenvalue weighted by Gasteiger charge is 2.24. The predicted octanol–water partition coefficient (Wildman–Crippen LogP) is 1.63. The van der Waals surface area contributed by atoms with E-state index in [0.717, 1.165) is 32.3 Å². The molecule has 1 aliphatic heterocycles. The second-order valence-corrected chi connectivity index (χ2v) is 5.40. The maximum atomic E-state index is 5.48. The minimum absolute atomic E-state index is 0.578. The SMILES string of the molecule is CC(CNC1CCCC1)N1CCOCC1C. The van der Waals surface area contributed by atoms with Crippen molar-refractivity contribution in [2.45, 2.75) is 57.7 Å². The van der Waals surface area contributed by atoms with Crippen LogP contribution in [0.2, 0.25) is 0 Å². The summed E-state index contributed by atoms with van der Waals surface area (Å²) in [4.78, 5) is 2.57. The lowest BCUT2D eigenvalue weighted by Crippen LogP contribution is -2.52. The highest BCUT2D eigenvalue weighted by molar-refractivity contribution is 4.81. The molecule has 2 atom stereocenters. The minimum atomic E-state index is 0.578. The second kappa shape index (κ2) is 5.99. The Morgan fingerprint density at radius 3 is 2.81 bits per heavy atom. The van der Waals surface area contributed by atoms with Crippen LogP contribution in [0, 0.1) is 0 Å². The van der Waals surface area contributed by atoms with Gasteiger partial charge in [0.15, 0.2) is 0 Å². The molecule has 1 heterocycles. The van der Waals surface area contributed by atoms with E-state index < -0.39 is 0 Å². The molecule has 0 aromatic rings. The number of hydrogen-bond donors (Lipinski definition) is 1. The van der Waals surface area contributed by atoms with Gasteiger partial charge in [-0.2, -0.15) is 0 Å². The van der Waals surface area contributed by atoms with Crippen LogP contribution in [-0.2, 0) is 4.74 Å². The van der Waals surface area contributed by atoms with E-state index in [9.17, 15) is 0 Å². The topological polar surface area (TPSA) is 24.5 Å². The highest BCUT2D eigenvalue weighted by atomic mass is 16.5. The average Bonchev–Trinajstić information content (AvgIpc) is 2.79. The van der Waals surface area contributed by atoms with Crippen LogP contribution in [0.25, 0.3) is 0 Å². The minimum Gasteiger partial charge on any atom is -0.379 e. The van der Waals surface area contributed by atoms with Crippen molar-refractivity contribution >= 4 is 0 Å². The molecule has 2 unspecified atom stereocenters. The Bertz CT molecular complexity index is 204. The Morgan fingerprint density at radius 1 is 1.38 bits per heavy atom. The van der Waals surface area contributed by atoms with Gasteiger partial charge in [0.2, 0.25) is 0 Å². The first-order chi connectivity index (χ1) is 7.77. The molecule has 0 spiro atoms. The molecule has 16 heavy (non-hydrogen) atoms. The molecule has 0 bridgehead atoms. The Hall–Kier alpha value is -0.120. The summed E-state index contributed by atoms with van der Waals surface area (Å²) in [5, 5.41) is 3.72. The van der Waals surface area contributed by atoms with Crippen LogP contribution < -0.4 is 5.32 Å². The van der Waals surface area contributed by atoms with Gasteiger partial charge in [0.1, 0.15) is 0 Å². The molecule has 1 saturated carbocycles. The highest BCUT2D eigenvalue weighted by Crippen LogP contribution is 2.18. The van der Waals surface area contributed by atoms with Gasteiger partial charge in [0.25, 0.3) is 0 Å². The molecule has 2 rings (SSSR count). The van der Waals surface area contributed by atoms with Crippen LogP contribution in [0.15, 0.2) is 0 Å². The number of hydrogen-bond acceptors (Lipinski definition) is 3. The summed E-state index contributed by atoms with van der Waals surface area (Å²) in [6.07, 6.45) is 5.59. The molecule has 2 fully saturated rings. The molecule has 0 amide bonds. The number of nitrogens with zero attached hydrogens (tertiary/aromatic N) is 1. The number of morpholine rings is 1. The van der Waals surface area contributed by atoms with Crippen molar-refractivity contribution in [1.29, 1.82) is 0 Å². The quantitative estimate of drug-likeness (QED) is 0.788. The maximum Gasteiger partial charge on any atom is 0.0619 e. The number of nitrogens with one attached hydrogen (secondary N) is 1. The van der Waals surface area contributed by atoms with Gasteiger partial charge in [-0.3, -0.25) is 4.90 Å². The van der Waals surface area contributed by atoms with E-state index >= 15 is 0 Å². The second-order valence-electron chi connectivity index (χ2n) is 5.40. The molecule has 0 aromatic heterocycles. The lowest BCUT2D eigenvalue weighted by atomic mass is 10.1. The largest absolute Gasteiger partial charge is 0.379 e. The van der Waals surface area contributed by atoms with Crippen molar-refractivity contribution in [3.63, 3.8) is 0 Å². The van der Waals surface area contributed by atoms with E-state index in [1.54, 1.807) is 0 Å². The molecule has 1 saturated heterocycles. The zero-order chi connectivity index (χ0) is 11.4. The lowest BCUT2D eigenvalue weighted by molar-refractivity contribution is -0.0184. The first-order valence-electron chi connectivity index (χ1n) is 6.84. The van der Waals surface area contributed by atoms with E-state index in [4.69, 9.17) is 4.74 Å². The molecule has 3 nitrogen and oxygen atoms in total. The van der Waals surface area contributed by atoms with Gasteiger partial charge in [0, 0.05) is 31.2 Å². The van der Waals surface area contributed by atoms with E-state index in [2.05, 4.69) is 24.1 Å². The molecular formula is C13H26N2O. The molecule has 1 aliphatic carbocycles. The summed E-state index contributed by atoms with van der Waals surface area (Å²) < 4.78 is 5.48. The van der Waals surface area contributed by atoms with Crippen LogP contribution in [0.5, 0.6) is 0 Å². The molecule has 1 N–H and O–H groups in total. The molecule has 0 aromatic carbocycles. The lowest BCUT2D eigenvalue weighted by Gasteiger charge is -2.38. The predicted molar refractivity (Wildman–Crippen MR) is 66.7 cm³/mol. The van der Waals surface area contributed by atoms with Crippen molar-refractivity contribution in [3.8, 4) is 0 Å². The molecule has 94 valence electrons. The maximum absolute atomic E-state index is 5.48. The van der Waals surface area contributed by atoms with Crippen LogP contribution in [-0.4, -0.2) is 49.3 Å². The van der Waals surface area contributed by atoms with Crippen molar-refractivity contribution < 1.29 is 4.74 Å². The first kappa shape index (κ1) is 12.3. The van der Waals surface area contributed by atoms with Crippen LogP contribution in [0.3, 0.4) is 0 Å². The van der Waals surface area contributed by atoms with E-state index in [1.165, 1.54) is 25.7 Å². The Labute approximate surface area is 99.5 Å². The average molecular weight is 226 g/mol. The Kier molecular flexibility index (Phi) is 4.62. The fourth-order valence-corrected chi connectivity index (χ4v) is 2.98. The molecule has 0 radical (unpaired) electrons. The summed E-state index contributed by atoms with van der Waals surface area (Å²) in [6, 6.07) is 2.01. The third kappa shape index (κ3) is 3.19. The monoisotopic (exact) mass is 226 g/mol. The van der Waals surface area contributed by atoms with Crippen LogP contribution >= 0.6 is 0 Å². The molecule has 3 heteroatoms. The third-order valence-electron chi connectivity index (χ3n) is 4.04. The van der Waals surface area contributed by atoms with Gasteiger partial charge in [-0.15, -0.1) is 0 Å². The van der Waals surface area contributed by atoms with Gasteiger partial charge < -0.3 is 10.1 Å². The van der Waals surface area contributed by atoms with Crippen molar-refractivity contribution in [2.75, 3.05) is 26.3 Å². The summed E-state index contributed by atoms with van der Waals surface area (Å²) in [6.45, 7) is 8.63. The third-order valence-corrected chi connectivity index (χ3v) is 4.04. The van der Waals surface area contributed by atoms with Crippen LogP contribution in [0.4, 0.5) is 0 Å². The number of rotatable bonds is 4. The van der Waals surface area contributed by atoms with Crippen LogP contribution in [0.1, 0.15) is 39.5 Å². The summed E-state index contributed by atoms with van der Waals surface area (Å²) >= 11 is 0. The first-order valence-corrected chi connectivity index (χ1v) is 6.84. The summed E-state index contributed by atoms with van der Waals surface area (Å²) in [5.74, 6) is 0. The van der Waals surface area contributed by atoms with Gasteiger partial charge >= 0.3 is 0 Å². The molecule has 2 aliphatic rings. The van der Waals surface area contributed by atoms with Gasteiger partial charge in [-0.25, -0.2) is 0 Å². The van der Waals surface area contributed by atoms with Crippen molar-refractivity contribution in [2.24, 2.45) is 0 Å². The fraction of sp³-hybridized carbons (Fsp3) is 1.00. The van der Waals surface area contributed by atoms with E-state index in [0.29, 0.717) is 12.1 Å². The smallest absolute Gasteiger partial charge is 0.0619 e. The summed E-state index contributed by atoms with van der Waals surface area (Å²) in [7, 11) is 0. The number of ether oxygens (including phenoxy) is 1. The Balaban J connectivity index is 1.71. The normalized spacial score (nSPS) is 30.8. The standard InChI is InChI=1S/C13H26N2O/c1-11(9-14-13-5-3-4-6-13)15-7-8-16-10-12(15)2/h11-14H,3-10H2,1-2H3. The molecular weight excluding hydrogens is 200 g/mol. The zero-order valence-electron chi connectivity index (χ0n) is 10.7. The summed E-state index contributed by atoms with van der Waals surface area (Å²) in [5.41, 5.74) is 0. The fourth-order valence-electron chi connectivity index (χ4n) is 2.98.